The number of rotatable bonds is 4. The maximum absolute atomic E-state index is 12.5. The minimum absolute atomic E-state index is 0. The normalized spacial score (nSPS) is 26.2. The van der Waals surface area contributed by atoms with Crippen molar-refractivity contribution in [3.63, 3.8) is 0 Å². The lowest BCUT2D eigenvalue weighted by molar-refractivity contribution is -0.0274. The summed E-state index contributed by atoms with van der Waals surface area (Å²) in [6, 6.07) is 7.46. The molecule has 1 aliphatic carbocycles. The van der Waals surface area contributed by atoms with Crippen molar-refractivity contribution in [2.45, 2.75) is 70.1 Å². The number of hydrogen-bond donors (Lipinski definition) is 0. The van der Waals surface area contributed by atoms with E-state index >= 15 is 0 Å². The fourth-order valence-electron chi connectivity index (χ4n) is 5.04. The molecule has 0 atom stereocenters. The van der Waals surface area contributed by atoms with Crippen LogP contribution >= 0.6 is 12.4 Å². The highest BCUT2D eigenvalue weighted by atomic mass is 35.5. The summed E-state index contributed by atoms with van der Waals surface area (Å²) >= 11 is 0. The number of nitrogens with zero attached hydrogens (tertiary/aromatic N) is 3. The fraction of sp³-hybridized carbons (Fsp3) is 0.636. The standard InChI is InChI=1S/C22H29N3O3.ClH/c1-3-27-18-6-10-22(2,11-7-18)24-12-8-17(9-13-24)25-19-14-16(15-23)4-5-20(19)28-21(25)26;/h4-5,14,17-18H,3,6-13H2,1-2H3;1H. The number of aromatic nitrogens is 1. The molecule has 0 radical (unpaired) electrons. The van der Waals surface area contributed by atoms with Crippen LogP contribution in [0.1, 0.15) is 64.0 Å². The minimum atomic E-state index is -0.313. The number of piperidine rings is 1. The summed E-state index contributed by atoms with van der Waals surface area (Å²) in [4.78, 5) is 15.1. The molecule has 4 rings (SSSR count). The molecule has 0 spiro atoms. The Morgan fingerprint density at radius 2 is 1.93 bits per heavy atom. The lowest BCUT2D eigenvalue weighted by atomic mass is 9.79. The topological polar surface area (TPSA) is 71.4 Å². The molecule has 1 aromatic carbocycles. The van der Waals surface area contributed by atoms with Gasteiger partial charge in [0.25, 0.3) is 0 Å². The number of ether oxygens (including phenoxy) is 1. The van der Waals surface area contributed by atoms with Crippen molar-refractivity contribution in [2.24, 2.45) is 0 Å². The first-order valence-electron chi connectivity index (χ1n) is 10.5. The van der Waals surface area contributed by atoms with Gasteiger partial charge in [0.2, 0.25) is 0 Å². The van der Waals surface area contributed by atoms with Gasteiger partial charge in [-0.3, -0.25) is 9.47 Å². The molecule has 0 bridgehead atoms. The van der Waals surface area contributed by atoms with Gasteiger partial charge >= 0.3 is 5.76 Å². The number of halogens is 1. The zero-order valence-electron chi connectivity index (χ0n) is 17.2. The molecule has 29 heavy (non-hydrogen) atoms. The van der Waals surface area contributed by atoms with Crippen LogP contribution in [-0.2, 0) is 4.74 Å². The third-order valence-electron chi connectivity index (χ3n) is 6.75. The summed E-state index contributed by atoms with van der Waals surface area (Å²) in [7, 11) is 0. The maximum Gasteiger partial charge on any atom is 0.420 e. The number of oxazole rings is 1. The highest BCUT2D eigenvalue weighted by Gasteiger charge is 2.38. The number of hydrogen-bond acceptors (Lipinski definition) is 5. The smallest absolute Gasteiger partial charge is 0.408 e. The first-order valence-corrected chi connectivity index (χ1v) is 10.5. The fourth-order valence-corrected chi connectivity index (χ4v) is 5.04. The summed E-state index contributed by atoms with van der Waals surface area (Å²) in [5.74, 6) is -0.313. The Kier molecular flexibility index (Phi) is 6.72. The molecule has 2 aromatic rings. The van der Waals surface area contributed by atoms with Crippen LogP contribution in [0.15, 0.2) is 27.4 Å². The molecule has 0 N–H and O–H groups in total. The third-order valence-corrected chi connectivity index (χ3v) is 6.75. The van der Waals surface area contributed by atoms with E-state index in [2.05, 4.69) is 24.8 Å². The van der Waals surface area contributed by atoms with Crippen molar-refractivity contribution in [1.82, 2.24) is 9.47 Å². The third kappa shape index (κ3) is 4.23. The highest BCUT2D eigenvalue weighted by Crippen LogP contribution is 2.38. The molecule has 2 fully saturated rings. The van der Waals surface area contributed by atoms with Crippen molar-refractivity contribution in [2.75, 3.05) is 19.7 Å². The molecule has 1 saturated carbocycles. The van der Waals surface area contributed by atoms with Crippen LogP contribution in [0.25, 0.3) is 11.1 Å². The zero-order chi connectivity index (χ0) is 19.7. The molecule has 0 unspecified atom stereocenters. The van der Waals surface area contributed by atoms with Gasteiger partial charge in [0.15, 0.2) is 5.58 Å². The second-order valence-electron chi connectivity index (χ2n) is 8.40. The molecule has 7 heteroatoms. The van der Waals surface area contributed by atoms with Crippen molar-refractivity contribution in [3.8, 4) is 6.07 Å². The molecule has 158 valence electrons. The molecule has 1 aromatic heterocycles. The highest BCUT2D eigenvalue weighted by molar-refractivity contribution is 5.85. The van der Waals surface area contributed by atoms with E-state index in [9.17, 15) is 10.1 Å². The van der Waals surface area contributed by atoms with E-state index in [1.54, 1.807) is 22.8 Å². The molecule has 1 saturated heterocycles. The Morgan fingerprint density at radius 1 is 1.24 bits per heavy atom. The maximum atomic E-state index is 12.5. The molecule has 6 nitrogen and oxygen atoms in total. The van der Waals surface area contributed by atoms with Crippen LogP contribution in [0.2, 0.25) is 0 Å². The van der Waals surface area contributed by atoms with Crippen molar-refractivity contribution >= 4 is 23.5 Å². The van der Waals surface area contributed by atoms with Crippen LogP contribution in [0, 0.1) is 11.3 Å². The Hall–Kier alpha value is -1.81. The van der Waals surface area contributed by atoms with Gasteiger partial charge in [0.1, 0.15) is 0 Å². The molecular weight excluding hydrogens is 390 g/mol. The summed E-state index contributed by atoms with van der Waals surface area (Å²) in [6.45, 7) is 7.22. The average molecular weight is 420 g/mol. The molecule has 2 heterocycles. The van der Waals surface area contributed by atoms with E-state index in [4.69, 9.17) is 9.15 Å². The SMILES string of the molecule is CCOC1CCC(C)(N2CCC(n3c(=O)oc4ccc(C#N)cc43)CC2)CC1.Cl. The Bertz CT molecular complexity index is 929. The number of likely N-dealkylation sites (tertiary alicyclic amines) is 1. The van der Waals surface area contributed by atoms with Crippen molar-refractivity contribution < 1.29 is 9.15 Å². The van der Waals surface area contributed by atoms with Crippen molar-refractivity contribution in [1.29, 1.82) is 5.26 Å². The predicted molar refractivity (Wildman–Crippen MR) is 115 cm³/mol. The second-order valence-corrected chi connectivity index (χ2v) is 8.40. The van der Waals surface area contributed by atoms with Gasteiger partial charge < -0.3 is 9.15 Å². The van der Waals surface area contributed by atoms with Gasteiger partial charge in [0.05, 0.1) is 23.3 Å². The van der Waals surface area contributed by atoms with Crippen molar-refractivity contribution in [3.05, 3.63) is 34.3 Å². The monoisotopic (exact) mass is 419 g/mol. The van der Waals surface area contributed by atoms with Crippen LogP contribution in [0.3, 0.4) is 0 Å². The van der Waals surface area contributed by atoms with E-state index in [0.717, 1.165) is 50.9 Å². The Labute approximate surface area is 177 Å². The first-order chi connectivity index (χ1) is 13.5. The predicted octanol–water partition coefficient (Wildman–Crippen LogP) is 4.26. The van der Waals surface area contributed by atoms with E-state index in [1.165, 1.54) is 12.8 Å². The van der Waals surface area contributed by atoms with E-state index < -0.39 is 0 Å². The molecule has 0 amide bonds. The van der Waals surface area contributed by atoms with Gasteiger partial charge in [-0.25, -0.2) is 4.79 Å². The van der Waals surface area contributed by atoms with E-state index in [1.807, 2.05) is 0 Å². The molecule has 2 aliphatic rings. The van der Waals surface area contributed by atoms with E-state index in [0.29, 0.717) is 17.3 Å². The lowest BCUT2D eigenvalue weighted by Gasteiger charge is -2.48. The minimum Gasteiger partial charge on any atom is -0.408 e. The quantitative estimate of drug-likeness (QED) is 0.740. The molecule has 1 aliphatic heterocycles. The van der Waals surface area contributed by atoms with Gasteiger partial charge in [-0.1, -0.05) is 0 Å². The summed E-state index contributed by atoms with van der Waals surface area (Å²) in [5.41, 5.74) is 2.09. The van der Waals surface area contributed by atoms with Gasteiger partial charge in [-0.05, 0) is 70.6 Å². The number of fused-ring (bicyclic) bond motifs is 1. The summed E-state index contributed by atoms with van der Waals surface area (Å²) in [6.07, 6.45) is 6.87. The summed E-state index contributed by atoms with van der Waals surface area (Å²) < 4.78 is 13.0. The number of nitriles is 1. The van der Waals surface area contributed by atoms with Gasteiger partial charge in [-0.15, -0.1) is 12.4 Å². The van der Waals surface area contributed by atoms with Crippen LogP contribution in [0.4, 0.5) is 0 Å². The zero-order valence-corrected chi connectivity index (χ0v) is 18.0. The lowest BCUT2D eigenvalue weighted by Crippen LogP contribution is -2.52. The second kappa shape index (κ2) is 8.91. The first kappa shape index (κ1) is 21.9. The van der Waals surface area contributed by atoms with E-state index in [-0.39, 0.29) is 29.7 Å². The summed E-state index contributed by atoms with van der Waals surface area (Å²) in [5, 5.41) is 9.18. The number of benzene rings is 1. The average Bonchev–Trinajstić information content (AvgIpc) is 3.05. The van der Waals surface area contributed by atoms with Crippen LogP contribution < -0.4 is 5.76 Å². The van der Waals surface area contributed by atoms with Crippen LogP contribution in [-0.4, -0.2) is 40.8 Å². The largest absolute Gasteiger partial charge is 0.420 e. The Balaban J connectivity index is 0.00000240. The van der Waals surface area contributed by atoms with Gasteiger partial charge in [0, 0.05) is 31.3 Å². The molecular formula is C22H30ClN3O3. The Morgan fingerprint density at radius 3 is 2.55 bits per heavy atom. The van der Waals surface area contributed by atoms with Crippen LogP contribution in [0.5, 0.6) is 0 Å². The van der Waals surface area contributed by atoms with Gasteiger partial charge in [-0.2, -0.15) is 5.26 Å².